The quantitative estimate of drug-likeness (QED) is 0.0261. The fraction of sp³-hybridized carbons (Fsp3) is 0.868. The van der Waals surface area contributed by atoms with Crippen LogP contribution in [-0.2, 0) is 28.6 Å². The van der Waals surface area contributed by atoms with E-state index in [9.17, 15) is 14.4 Å². The van der Waals surface area contributed by atoms with Crippen LogP contribution in [0.1, 0.15) is 361 Å². The number of unbranched alkanes of at least 4 members (excludes halogenated alkanes) is 44. The fourth-order valence-corrected chi connectivity index (χ4v) is 9.88. The molecule has 0 aromatic rings. The Morgan fingerprint density at radius 2 is 0.486 bits per heavy atom. The molecule has 74 heavy (non-hydrogen) atoms. The van der Waals surface area contributed by atoms with Crippen LogP contribution in [0.25, 0.3) is 0 Å². The fourth-order valence-electron chi connectivity index (χ4n) is 9.88. The molecule has 0 heterocycles. The summed E-state index contributed by atoms with van der Waals surface area (Å²) in [6.07, 6.45) is 77.3. The summed E-state index contributed by atoms with van der Waals surface area (Å²) in [6.45, 7) is 6.64. The Bertz CT molecular complexity index is 1240. The molecule has 0 aliphatic carbocycles. The Labute approximate surface area is 461 Å². The van der Waals surface area contributed by atoms with Gasteiger partial charge in [0.2, 0.25) is 0 Å². The zero-order valence-corrected chi connectivity index (χ0v) is 49.9. The number of carbonyl (C=O) groups excluding carboxylic acids is 3. The highest BCUT2D eigenvalue weighted by molar-refractivity contribution is 5.71. The van der Waals surface area contributed by atoms with Crippen LogP contribution in [0.5, 0.6) is 0 Å². The van der Waals surface area contributed by atoms with E-state index in [1.54, 1.807) is 0 Å². The third kappa shape index (κ3) is 60.5. The van der Waals surface area contributed by atoms with Crippen LogP contribution in [0.3, 0.4) is 0 Å². The van der Waals surface area contributed by atoms with Gasteiger partial charge in [-0.15, -0.1) is 0 Å². The van der Waals surface area contributed by atoms with Crippen LogP contribution in [0, 0.1) is 0 Å². The zero-order valence-electron chi connectivity index (χ0n) is 49.9. The first-order chi connectivity index (χ1) is 36.5. The van der Waals surface area contributed by atoms with E-state index in [1.807, 2.05) is 0 Å². The number of rotatable bonds is 61. The van der Waals surface area contributed by atoms with E-state index < -0.39 is 6.10 Å². The summed E-state index contributed by atoms with van der Waals surface area (Å²) in [5.41, 5.74) is 0. The SMILES string of the molecule is CCCCC/C=C\C/C=C\CCCCCCCCCCCC(=O)OC(COC(=O)CCCCCCC/C=C\CCCCC)COC(=O)CCCCCCCCCCCCCCCCCCCCCCCCCCC. The van der Waals surface area contributed by atoms with Crippen LogP contribution in [0.4, 0.5) is 0 Å². The van der Waals surface area contributed by atoms with Crippen molar-refractivity contribution in [3.63, 3.8) is 0 Å². The molecule has 0 bridgehead atoms. The van der Waals surface area contributed by atoms with Crippen molar-refractivity contribution in [2.45, 2.75) is 367 Å². The monoisotopic (exact) mass is 1040 g/mol. The van der Waals surface area contributed by atoms with Gasteiger partial charge in [-0.25, -0.2) is 0 Å². The average Bonchev–Trinajstić information content (AvgIpc) is 3.40. The molecule has 6 heteroatoms. The van der Waals surface area contributed by atoms with Gasteiger partial charge in [0.15, 0.2) is 6.10 Å². The first-order valence-corrected chi connectivity index (χ1v) is 33.0. The summed E-state index contributed by atoms with van der Waals surface area (Å²) in [7, 11) is 0. The molecule has 434 valence electrons. The van der Waals surface area contributed by atoms with Crippen LogP contribution in [-0.4, -0.2) is 37.2 Å². The van der Waals surface area contributed by atoms with Gasteiger partial charge < -0.3 is 14.2 Å². The summed E-state index contributed by atoms with van der Waals surface area (Å²) in [5, 5.41) is 0. The van der Waals surface area contributed by atoms with Crippen molar-refractivity contribution in [1.29, 1.82) is 0 Å². The molecule has 0 amide bonds. The summed E-state index contributed by atoms with van der Waals surface area (Å²) in [4.78, 5) is 38.3. The largest absolute Gasteiger partial charge is 0.462 e. The lowest BCUT2D eigenvalue weighted by Gasteiger charge is -2.18. The van der Waals surface area contributed by atoms with Gasteiger partial charge in [-0.05, 0) is 77.0 Å². The highest BCUT2D eigenvalue weighted by Gasteiger charge is 2.19. The molecule has 0 N–H and O–H groups in total. The maximum atomic E-state index is 12.9. The molecule has 0 radical (unpaired) electrons. The Kier molecular flexibility index (Phi) is 61.1. The van der Waals surface area contributed by atoms with E-state index in [2.05, 4.69) is 57.2 Å². The van der Waals surface area contributed by atoms with E-state index in [4.69, 9.17) is 14.2 Å². The predicted octanol–water partition coefficient (Wildman–Crippen LogP) is 22.4. The number of ether oxygens (including phenoxy) is 3. The van der Waals surface area contributed by atoms with Crippen LogP contribution >= 0.6 is 0 Å². The number of hydrogen-bond acceptors (Lipinski definition) is 6. The van der Waals surface area contributed by atoms with E-state index >= 15 is 0 Å². The molecular weight excluding hydrogens is 913 g/mol. The first-order valence-electron chi connectivity index (χ1n) is 33.0. The van der Waals surface area contributed by atoms with Crippen molar-refractivity contribution < 1.29 is 28.6 Å². The van der Waals surface area contributed by atoms with Crippen LogP contribution < -0.4 is 0 Å². The van der Waals surface area contributed by atoms with Gasteiger partial charge in [0.05, 0.1) is 0 Å². The maximum Gasteiger partial charge on any atom is 0.306 e. The topological polar surface area (TPSA) is 78.9 Å². The summed E-state index contributed by atoms with van der Waals surface area (Å²) < 4.78 is 16.9. The van der Waals surface area contributed by atoms with Gasteiger partial charge in [0.25, 0.3) is 0 Å². The predicted molar refractivity (Wildman–Crippen MR) is 321 cm³/mol. The summed E-state index contributed by atoms with van der Waals surface area (Å²) in [6, 6.07) is 0. The minimum Gasteiger partial charge on any atom is -0.462 e. The minimum absolute atomic E-state index is 0.0723. The van der Waals surface area contributed by atoms with Crippen molar-refractivity contribution in [2.24, 2.45) is 0 Å². The molecule has 1 atom stereocenters. The normalized spacial score (nSPS) is 12.2. The highest BCUT2D eigenvalue weighted by atomic mass is 16.6. The molecule has 0 aliphatic rings. The van der Waals surface area contributed by atoms with Crippen molar-refractivity contribution in [1.82, 2.24) is 0 Å². The van der Waals surface area contributed by atoms with Gasteiger partial charge in [0.1, 0.15) is 13.2 Å². The van der Waals surface area contributed by atoms with E-state index in [1.165, 1.54) is 250 Å². The van der Waals surface area contributed by atoms with Crippen LogP contribution in [0.15, 0.2) is 36.5 Å². The number of allylic oxidation sites excluding steroid dienone is 6. The number of esters is 3. The van der Waals surface area contributed by atoms with Gasteiger partial charge in [0, 0.05) is 19.3 Å². The molecule has 0 aromatic carbocycles. The molecule has 1 unspecified atom stereocenters. The molecule has 0 saturated carbocycles. The summed E-state index contributed by atoms with van der Waals surface area (Å²) in [5.74, 6) is -0.863. The zero-order chi connectivity index (χ0) is 53.6. The standard InChI is InChI=1S/C68H126O6/c1-4-7-10-13-16-19-22-25-27-29-31-32-33-34-35-36-38-39-41-43-46-49-52-55-58-61-67(70)73-64-65(63-72-66(69)60-57-54-51-48-45-24-21-18-15-12-9-6-3)74-68(71)62-59-56-53-50-47-44-42-40-37-30-28-26-23-20-17-14-11-8-5-2/h17-18,20-21,26,28,65H,4-16,19,22-25,27,29-64H2,1-3H3/b20-17-,21-18-,28-26-. The van der Waals surface area contributed by atoms with Gasteiger partial charge in [-0.1, -0.05) is 301 Å². The van der Waals surface area contributed by atoms with Gasteiger partial charge in [-0.2, -0.15) is 0 Å². The van der Waals surface area contributed by atoms with Crippen LogP contribution in [0.2, 0.25) is 0 Å². The average molecular weight is 1040 g/mol. The van der Waals surface area contributed by atoms with E-state index in [0.717, 1.165) is 70.6 Å². The lowest BCUT2D eigenvalue weighted by atomic mass is 10.0. The van der Waals surface area contributed by atoms with Crippen molar-refractivity contribution in [3.05, 3.63) is 36.5 Å². The smallest absolute Gasteiger partial charge is 0.306 e. The number of carbonyl (C=O) groups is 3. The minimum atomic E-state index is -0.776. The van der Waals surface area contributed by atoms with Crippen molar-refractivity contribution >= 4 is 17.9 Å². The molecule has 0 aromatic heterocycles. The molecule has 6 nitrogen and oxygen atoms in total. The van der Waals surface area contributed by atoms with Gasteiger partial charge in [-0.3, -0.25) is 14.4 Å². The molecular formula is C68H126O6. The van der Waals surface area contributed by atoms with Crippen molar-refractivity contribution in [3.8, 4) is 0 Å². The maximum absolute atomic E-state index is 12.9. The second-order valence-corrected chi connectivity index (χ2v) is 22.4. The summed E-state index contributed by atoms with van der Waals surface area (Å²) >= 11 is 0. The molecule has 0 aliphatic heterocycles. The lowest BCUT2D eigenvalue weighted by Crippen LogP contribution is -2.30. The van der Waals surface area contributed by atoms with Gasteiger partial charge >= 0.3 is 17.9 Å². The van der Waals surface area contributed by atoms with E-state index in [-0.39, 0.29) is 31.1 Å². The van der Waals surface area contributed by atoms with E-state index in [0.29, 0.717) is 19.3 Å². The first kappa shape index (κ1) is 71.6. The Balaban J connectivity index is 4.22. The third-order valence-corrected chi connectivity index (χ3v) is 14.9. The number of hydrogen-bond donors (Lipinski definition) is 0. The van der Waals surface area contributed by atoms with Crippen molar-refractivity contribution in [2.75, 3.05) is 13.2 Å². The second kappa shape index (κ2) is 63.2. The lowest BCUT2D eigenvalue weighted by molar-refractivity contribution is -0.167. The second-order valence-electron chi connectivity index (χ2n) is 22.4. The Morgan fingerprint density at radius 3 is 0.784 bits per heavy atom. The molecule has 0 fully saturated rings. The highest BCUT2D eigenvalue weighted by Crippen LogP contribution is 2.18. The molecule has 0 saturated heterocycles. The molecule has 0 spiro atoms. The third-order valence-electron chi connectivity index (χ3n) is 14.9. The Hall–Kier alpha value is -2.37. The molecule has 0 rings (SSSR count). The Morgan fingerprint density at radius 1 is 0.270 bits per heavy atom.